The second kappa shape index (κ2) is 7.48. The van der Waals surface area contributed by atoms with Gasteiger partial charge in [0.25, 0.3) is 0 Å². The molecule has 0 saturated heterocycles. The standard InChI is InChI=1S/C20H22N4OS2/c1-13-4-5-18(10-14(13)2)24(15(3)25)20-22-16(12-27-20)11-26-19-21-8-9-23(19)17-6-7-17/h4-5,8-10,12,17H,6-7,11H2,1-3H3. The summed E-state index contributed by atoms with van der Waals surface area (Å²) in [6.07, 6.45) is 6.41. The Kier molecular flexibility index (Phi) is 5.06. The topological polar surface area (TPSA) is 51.0 Å². The van der Waals surface area contributed by atoms with Crippen molar-refractivity contribution in [3.05, 3.63) is 52.8 Å². The predicted molar refractivity (Wildman–Crippen MR) is 111 cm³/mol. The lowest BCUT2D eigenvalue weighted by Gasteiger charge is -2.19. The molecule has 0 aliphatic heterocycles. The number of benzene rings is 1. The number of aryl methyl sites for hydroxylation is 2. The van der Waals surface area contributed by atoms with Crippen molar-refractivity contribution >= 4 is 39.8 Å². The molecule has 2 aromatic heterocycles. The summed E-state index contributed by atoms with van der Waals surface area (Å²) in [4.78, 5) is 23.2. The molecule has 0 radical (unpaired) electrons. The molecule has 1 amide bonds. The molecule has 140 valence electrons. The first-order valence-electron chi connectivity index (χ1n) is 9.01. The summed E-state index contributed by atoms with van der Waals surface area (Å²) in [7, 11) is 0. The third-order valence-electron chi connectivity index (χ3n) is 4.72. The van der Waals surface area contributed by atoms with Gasteiger partial charge in [-0.2, -0.15) is 0 Å². The first-order chi connectivity index (χ1) is 13.0. The van der Waals surface area contributed by atoms with Crippen LogP contribution in [0, 0.1) is 13.8 Å². The summed E-state index contributed by atoms with van der Waals surface area (Å²) >= 11 is 3.21. The number of hydrogen-bond donors (Lipinski definition) is 0. The van der Waals surface area contributed by atoms with Crippen molar-refractivity contribution in [3.63, 3.8) is 0 Å². The van der Waals surface area contributed by atoms with E-state index in [1.807, 2.05) is 29.8 Å². The Morgan fingerprint density at radius 1 is 1.33 bits per heavy atom. The molecule has 1 saturated carbocycles. The molecule has 1 aliphatic rings. The second-order valence-electron chi connectivity index (χ2n) is 6.88. The number of rotatable bonds is 6. The molecular formula is C20H22N4OS2. The summed E-state index contributed by atoms with van der Waals surface area (Å²) in [5, 5.41) is 3.79. The highest BCUT2D eigenvalue weighted by molar-refractivity contribution is 7.98. The van der Waals surface area contributed by atoms with Crippen molar-refractivity contribution < 1.29 is 4.79 Å². The van der Waals surface area contributed by atoms with Gasteiger partial charge in [-0.15, -0.1) is 11.3 Å². The van der Waals surface area contributed by atoms with E-state index in [0.717, 1.165) is 27.9 Å². The van der Waals surface area contributed by atoms with E-state index in [9.17, 15) is 4.79 Å². The largest absolute Gasteiger partial charge is 0.323 e. The lowest BCUT2D eigenvalue weighted by atomic mass is 10.1. The van der Waals surface area contributed by atoms with Crippen molar-refractivity contribution in [1.29, 1.82) is 0 Å². The Balaban J connectivity index is 1.51. The van der Waals surface area contributed by atoms with E-state index < -0.39 is 0 Å². The summed E-state index contributed by atoms with van der Waals surface area (Å²) in [6.45, 7) is 5.71. The molecule has 0 unspecified atom stereocenters. The SMILES string of the molecule is CC(=O)N(c1ccc(C)c(C)c1)c1nc(CSc2nccn2C2CC2)cs1. The van der Waals surface area contributed by atoms with Gasteiger partial charge in [-0.25, -0.2) is 9.97 Å². The van der Waals surface area contributed by atoms with Gasteiger partial charge in [0.1, 0.15) is 0 Å². The van der Waals surface area contributed by atoms with Crippen LogP contribution < -0.4 is 4.90 Å². The fourth-order valence-corrected chi connectivity index (χ4v) is 4.85. The highest BCUT2D eigenvalue weighted by Gasteiger charge is 2.25. The van der Waals surface area contributed by atoms with E-state index in [1.54, 1.807) is 23.6 Å². The van der Waals surface area contributed by atoms with E-state index >= 15 is 0 Å². The molecule has 7 heteroatoms. The first kappa shape index (κ1) is 18.3. The van der Waals surface area contributed by atoms with Gasteiger partial charge in [0, 0.05) is 36.5 Å². The van der Waals surface area contributed by atoms with E-state index in [2.05, 4.69) is 29.6 Å². The van der Waals surface area contributed by atoms with E-state index in [0.29, 0.717) is 11.2 Å². The van der Waals surface area contributed by atoms with E-state index in [-0.39, 0.29) is 5.91 Å². The van der Waals surface area contributed by atoms with Crippen LogP contribution in [0.2, 0.25) is 0 Å². The van der Waals surface area contributed by atoms with Crippen LogP contribution in [-0.2, 0) is 10.5 Å². The van der Waals surface area contributed by atoms with Crippen LogP contribution in [0.1, 0.15) is 42.6 Å². The van der Waals surface area contributed by atoms with Crippen LogP contribution >= 0.6 is 23.1 Å². The van der Waals surface area contributed by atoms with Gasteiger partial charge in [0.15, 0.2) is 10.3 Å². The maximum absolute atomic E-state index is 12.3. The van der Waals surface area contributed by atoms with Crippen molar-refractivity contribution in [3.8, 4) is 0 Å². The first-order valence-corrected chi connectivity index (χ1v) is 10.9. The summed E-state index contributed by atoms with van der Waals surface area (Å²) in [5.41, 5.74) is 4.21. The number of imidazole rings is 1. The van der Waals surface area contributed by atoms with Crippen LogP contribution in [0.3, 0.4) is 0 Å². The Bertz CT molecular complexity index is 974. The monoisotopic (exact) mass is 398 g/mol. The lowest BCUT2D eigenvalue weighted by molar-refractivity contribution is -0.115. The molecule has 0 atom stereocenters. The average molecular weight is 399 g/mol. The molecule has 0 N–H and O–H groups in total. The number of carbonyl (C=O) groups excluding carboxylic acids is 1. The van der Waals surface area contributed by atoms with Crippen molar-refractivity contribution in [2.75, 3.05) is 4.90 Å². The number of hydrogen-bond acceptors (Lipinski definition) is 5. The van der Waals surface area contributed by atoms with Gasteiger partial charge in [-0.1, -0.05) is 17.8 Å². The zero-order chi connectivity index (χ0) is 19.0. The third kappa shape index (κ3) is 3.94. The minimum absolute atomic E-state index is 0.0314. The Morgan fingerprint density at radius 3 is 2.85 bits per heavy atom. The molecule has 4 rings (SSSR count). The van der Waals surface area contributed by atoms with Gasteiger partial charge < -0.3 is 4.57 Å². The number of thioether (sulfide) groups is 1. The minimum Gasteiger partial charge on any atom is -0.323 e. The van der Waals surface area contributed by atoms with Crippen molar-refractivity contribution in [1.82, 2.24) is 14.5 Å². The van der Waals surface area contributed by atoms with Gasteiger partial charge in [-0.3, -0.25) is 9.69 Å². The van der Waals surface area contributed by atoms with Gasteiger partial charge in [0.2, 0.25) is 5.91 Å². The lowest BCUT2D eigenvalue weighted by Crippen LogP contribution is -2.22. The quantitative estimate of drug-likeness (QED) is 0.531. The number of nitrogens with zero attached hydrogens (tertiary/aromatic N) is 4. The Labute approximate surface area is 167 Å². The summed E-state index contributed by atoms with van der Waals surface area (Å²) in [6, 6.07) is 6.69. The maximum Gasteiger partial charge on any atom is 0.230 e. The molecule has 2 heterocycles. The molecule has 0 spiro atoms. The van der Waals surface area contributed by atoms with Crippen molar-refractivity contribution in [2.24, 2.45) is 0 Å². The van der Waals surface area contributed by atoms with Crippen LogP contribution in [0.5, 0.6) is 0 Å². The highest BCUT2D eigenvalue weighted by atomic mass is 32.2. The molecule has 0 bridgehead atoms. The number of aromatic nitrogens is 3. The van der Waals surface area contributed by atoms with Crippen LogP contribution in [-0.4, -0.2) is 20.4 Å². The van der Waals surface area contributed by atoms with Crippen LogP contribution in [0.25, 0.3) is 0 Å². The van der Waals surface area contributed by atoms with E-state index in [4.69, 9.17) is 4.98 Å². The van der Waals surface area contributed by atoms with E-state index in [1.165, 1.54) is 29.7 Å². The zero-order valence-electron chi connectivity index (χ0n) is 15.7. The molecule has 27 heavy (non-hydrogen) atoms. The Morgan fingerprint density at radius 2 is 2.15 bits per heavy atom. The number of carbonyl (C=O) groups is 1. The normalized spacial score (nSPS) is 13.7. The molecular weight excluding hydrogens is 376 g/mol. The predicted octanol–water partition coefficient (Wildman–Crippen LogP) is 5.27. The van der Waals surface area contributed by atoms with Gasteiger partial charge in [-0.05, 0) is 49.9 Å². The molecule has 5 nitrogen and oxygen atoms in total. The molecule has 3 aromatic rings. The fourth-order valence-electron chi connectivity index (χ4n) is 2.94. The smallest absolute Gasteiger partial charge is 0.230 e. The molecule has 1 fully saturated rings. The maximum atomic E-state index is 12.3. The van der Waals surface area contributed by atoms with Gasteiger partial charge >= 0.3 is 0 Å². The number of amides is 1. The average Bonchev–Trinajstić information content (AvgIpc) is 3.19. The van der Waals surface area contributed by atoms with Gasteiger partial charge in [0.05, 0.1) is 11.4 Å². The fraction of sp³-hybridized carbons (Fsp3) is 0.350. The van der Waals surface area contributed by atoms with Crippen LogP contribution in [0.4, 0.5) is 10.8 Å². The molecule has 1 aromatic carbocycles. The highest BCUT2D eigenvalue weighted by Crippen LogP contribution is 2.38. The van der Waals surface area contributed by atoms with Crippen molar-refractivity contribution in [2.45, 2.75) is 50.6 Å². The number of anilines is 2. The third-order valence-corrected chi connectivity index (χ3v) is 6.61. The zero-order valence-corrected chi connectivity index (χ0v) is 17.3. The molecule has 1 aliphatic carbocycles. The number of thiazole rings is 1. The minimum atomic E-state index is -0.0314. The second-order valence-corrected chi connectivity index (χ2v) is 8.66. The Hall–Kier alpha value is -2.12. The summed E-state index contributed by atoms with van der Waals surface area (Å²) < 4.78 is 2.26. The summed E-state index contributed by atoms with van der Waals surface area (Å²) in [5.74, 6) is 0.718. The van der Waals surface area contributed by atoms with Crippen LogP contribution in [0.15, 0.2) is 41.1 Å².